The number of nitrogens with zero attached hydrogens (tertiary/aromatic N) is 3. The summed E-state index contributed by atoms with van der Waals surface area (Å²) in [6.07, 6.45) is 0.862. The van der Waals surface area contributed by atoms with Crippen molar-refractivity contribution in [1.29, 1.82) is 5.26 Å². The molecule has 114 valence electrons. The maximum Gasteiger partial charge on any atom is 0.268 e. The number of pyridine rings is 1. The summed E-state index contributed by atoms with van der Waals surface area (Å²) in [6.45, 7) is 3.54. The number of aryl methyl sites for hydroxylation is 1. The van der Waals surface area contributed by atoms with E-state index in [-0.39, 0.29) is 11.1 Å². The summed E-state index contributed by atoms with van der Waals surface area (Å²) < 4.78 is 1.72. The largest absolute Gasteiger partial charge is 0.309 e. The van der Waals surface area contributed by atoms with Crippen LogP contribution in [0.25, 0.3) is 11.3 Å². The second-order valence-electron chi connectivity index (χ2n) is 5.72. The first-order valence-corrected chi connectivity index (χ1v) is 7.38. The SMILES string of the molecule is Cc1ccc(-c2ccc(C#N)c(=O)n2CCCN(C)C)cc1. The quantitative estimate of drug-likeness (QED) is 0.852. The van der Waals surface area contributed by atoms with Crippen LogP contribution in [0.5, 0.6) is 0 Å². The Hall–Kier alpha value is -2.38. The van der Waals surface area contributed by atoms with Gasteiger partial charge < -0.3 is 9.47 Å². The van der Waals surface area contributed by atoms with E-state index in [0.717, 1.165) is 24.2 Å². The zero-order chi connectivity index (χ0) is 16.1. The fourth-order valence-electron chi connectivity index (χ4n) is 2.41. The molecule has 0 bridgehead atoms. The minimum Gasteiger partial charge on any atom is -0.309 e. The van der Waals surface area contributed by atoms with Crippen molar-refractivity contribution in [3.8, 4) is 17.3 Å². The third kappa shape index (κ3) is 3.63. The van der Waals surface area contributed by atoms with Gasteiger partial charge in [-0.1, -0.05) is 29.8 Å². The fourth-order valence-corrected chi connectivity index (χ4v) is 2.41. The lowest BCUT2D eigenvalue weighted by molar-refractivity contribution is 0.385. The van der Waals surface area contributed by atoms with Crippen LogP contribution in [0.15, 0.2) is 41.2 Å². The Balaban J connectivity index is 2.44. The molecule has 0 aliphatic heterocycles. The van der Waals surface area contributed by atoms with Crippen molar-refractivity contribution in [2.24, 2.45) is 0 Å². The first kappa shape index (κ1) is 16.0. The molecule has 0 spiro atoms. The highest BCUT2D eigenvalue weighted by Crippen LogP contribution is 2.19. The number of hydrogen-bond donors (Lipinski definition) is 0. The molecule has 0 N–H and O–H groups in total. The molecule has 2 aromatic rings. The molecule has 1 heterocycles. The molecule has 2 rings (SSSR count). The summed E-state index contributed by atoms with van der Waals surface area (Å²) in [4.78, 5) is 14.6. The Morgan fingerprint density at radius 3 is 2.41 bits per heavy atom. The van der Waals surface area contributed by atoms with Gasteiger partial charge in [-0.25, -0.2) is 0 Å². The molecule has 0 aliphatic carbocycles. The van der Waals surface area contributed by atoms with Gasteiger partial charge >= 0.3 is 0 Å². The first-order chi connectivity index (χ1) is 10.5. The van der Waals surface area contributed by atoms with Crippen molar-refractivity contribution in [2.45, 2.75) is 19.9 Å². The molecule has 0 radical (unpaired) electrons. The molecule has 0 aliphatic rings. The van der Waals surface area contributed by atoms with E-state index < -0.39 is 0 Å². The van der Waals surface area contributed by atoms with Crippen molar-refractivity contribution in [2.75, 3.05) is 20.6 Å². The van der Waals surface area contributed by atoms with Crippen molar-refractivity contribution in [1.82, 2.24) is 9.47 Å². The van der Waals surface area contributed by atoms with Crippen LogP contribution in [0.4, 0.5) is 0 Å². The Labute approximate surface area is 131 Å². The third-order valence-electron chi connectivity index (χ3n) is 3.63. The van der Waals surface area contributed by atoms with Gasteiger partial charge in [0.05, 0.1) is 5.69 Å². The summed E-state index contributed by atoms with van der Waals surface area (Å²) in [7, 11) is 4.02. The number of aromatic nitrogens is 1. The van der Waals surface area contributed by atoms with Crippen molar-refractivity contribution < 1.29 is 0 Å². The lowest BCUT2D eigenvalue weighted by atomic mass is 10.1. The average molecular weight is 295 g/mol. The van der Waals surface area contributed by atoms with E-state index >= 15 is 0 Å². The number of nitriles is 1. The molecule has 0 fully saturated rings. The van der Waals surface area contributed by atoms with Gasteiger partial charge in [-0.15, -0.1) is 0 Å². The summed E-state index contributed by atoms with van der Waals surface area (Å²) in [5.74, 6) is 0. The molecule has 4 nitrogen and oxygen atoms in total. The predicted molar refractivity (Wildman–Crippen MR) is 88.8 cm³/mol. The van der Waals surface area contributed by atoms with Crippen molar-refractivity contribution in [3.63, 3.8) is 0 Å². The van der Waals surface area contributed by atoms with Crippen molar-refractivity contribution in [3.05, 3.63) is 57.9 Å². The highest BCUT2D eigenvalue weighted by atomic mass is 16.1. The van der Waals surface area contributed by atoms with Gasteiger partial charge in [-0.2, -0.15) is 5.26 Å². The van der Waals surface area contributed by atoms with Gasteiger partial charge in [-0.3, -0.25) is 4.79 Å². The summed E-state index contributed by atoms with van der Waals surface area (Å²) in [6, 6.07) is 13.5. The van der Waals surface area contributed by atoms with Crippen LogP contribution in [-0.2, 0) is 6.54 Å². The predicted octanol–water partition coefficient (Wildman–Crippen LogP) is 2.65. The van der Waals surface area contributed by atoms with E-state index in [2.05, 4.69) is 4.90 Å². The Bertz CT molecular complexity index is 736. The summed E-state index contributed by atoms with van der Waals surface area (Å²) in [5.41, 5.74) is 3.03. The maximum absolute atomic E-state index is 12.5. The fraction of sp³-hybridized carbons (Fsp3) is 0.333. The lowest BCUT2D eigenvalue weighted by Crippen LogP contribution is -2.26. The lowest BCUT2D eigenvalue weighted by Gasteiger charge is -2.15. The molecular formula is C18H21N3O. The van der Waals surface area contributed by atoms with E-state index in [0.29, 0.717) is 6.54 Å². The van der Waals surface area contributed by atoms with E-state index in [1.165, 1.54) is 5.56 Å². The molecule has 1 aromatic heterocycles. The van der Waals surface area contributed by atoms with Gasteiger partial charge in [0.15, 0.2) is 0 Å². The molecule has 22 heavy (non-hydrogen) atoms. The van der Waals surface area contributed by atoms with Gasteiger partial charge in [0.1, 0.15) is 11.6 Å². The average Bonchev–Trinajstić information content (AvgIpc) is 2.49. The van der Waals surface area contributed by atoms with Crippen LogP contribution in [-0.4, -0.2) is 30.1 Å². The van der Waals surface area contributed by atoms with Gasteiger partial charge in [0.2, 0.25) is 0 Å². The van der Waals surface area contributed by atoms with Crippen LogP contribution < -0.4 is 5.56 Å². The second-order valence-corrected chi connectivity index (χ2v) is 5.72. The van der Waals surface area contributed by atoms with Crippen LogP contribution in [0, 0.1) is 18.3 Å². The van der Waals surface area contributed by atoms with E-state index in [1.54, 1.807) is 10.6 Å². The van der Waals surface area contributed by atoms with Crippen LogP contribution in [0.1, 0.15) is 17.5 Å². The van der Waals surface area contributed by atoms with E-state index in [4.69, 9.17) is 5.26 Å². The first-order valence-electron chi connectivity index (χ1n) is 7.38. The normalized spacial score (nSPS) is 10.7. The number of benzene rings is 1. The molecular weight excluding hydrogens is 274 g/mol. The zero-order valence-electron chi connectivity index (χ0n) is 13.3. The van der Waals surface area contributed by atoms with Crippen molar-refractivity contribution >= 4 is 0 Å². The Morgan fingerprint density at radius 1 is 1.14 bits per heavy atom. The van der Waals surface area contributed by atoms with E-state index in [1.807, 2.05) is 57.4 Å². The summed E-state index contributed by atoms with van der Waals surface area (Å²) in [5, 5.41) is 9.08. The highest BCUT2D eigenvalue weighted by Gasteiger charge is 2.10. The van der Waals surface area contributed by atoms with Crippen LogP contribution >= 0.6 is 0 Å². The third-order valence-corrected chi connectivity index (χ3v) is 3.63. The van der Waals surface area contributed by atoms with E-state index in [9.17, 15) is 4.79 Å². The Morgan fingerprint density at radius 2 is 1.82 bits per heavy atom. The number of rotatable bonds is 5. The Kier molecular flexibility index (Phi) is 5.13. The van der Waals surface area contributed by atoms with Gasteiger partial charge in [0, 0.05) is 6.54 Å². The molecule has 0 unspecified atom stereocenters. The molecule has 0 saturated heterocycles. The molecule has 0 atom stereocenters. The van der Waals surface area contributed by atoms with Crippen LogP contribution in [0.2, 0.25) is 0 Å². The van der Waals surface area contributed by atoms with Crippen LogP contribution in [0.3, 0.4) is 0 Å². The minimum atomic E-state index is -0.209. The molecule has 1 aromatic carbocycles. The van der Waals surface area contributed by atoms with Gasteiger partial charge in [-0.05, 0) is 51.7 Å². The molecule has 0 amide bonds. The topological polar surface area (TPSA) is 49.0 Å². The maximum atomic E-state index is 12.5. The van der Waals surface area contributed by atoms with Gasteiger partial charge in [0.25, 0.3) is 5.56 Å². The smallest absolute Gasteiger partial charge is 0.268 e. The zero-order valence-corrected chi connectivity index (χ0v) is 13.3. The minimum absolute atomic E-state index is 0.195. The standard InChI is InChI=1S/C18H21N3O/c1-14-5-7-15(8-6-14)17-10-9-16(13-19)18(22)21(17)12-4-11-20(2)3/h5-10H,4,11-12H2,1-3H3. The molecule has 0 saturated carbocycles. The number of hydrogen-bond acceptors (Lipinski definition) is 3. The highest BCUT2D eigenvalue weighted by molar-refractivity contribution is 5.60. The summed E-state index contributed by atoms with van der Waals surface area (Å²) >= 11 is 0. The second kappa shape index (κ2) is 7.06. The molecule has 4 heteroatoms. The monoisotopic (exact) mass is 295 g/mol.